The average Bonchev–Trinajstić information content (AvgIpc) is 3.60. The Morgan fingerprint density at radius 3 is 2.10 bits per heavy atom. The van der Waals surface area contributed by atoms with Crippen LogP contribution in [0.4, 0.5) is 4.79 Å². The number of aliphatic carboxylic acids is 1. The minimum Gasteiger partial charge on any atom is -0.480 e. The van der Waals surface area contributed by atoms with Crippen molar-refractivity contribution in [1.82, 2.24) is 15.5 Å². The van der Waals surface area contributed by atoms with Gasteiger partial charge in [-0.1, -0.05) is 115 Å². The molecular formula is C39H41N5O6. The first-order chi connectivity index (χ1) is 24.3. The summed E-state index contributed by atoms with van der Waals surface area (Å²) in [5.41, 5.74) is 10.2. The van der Waals surface area contributed by atoms with Gasteiger partial charge in [0.05, 0.1) is 12.6 Å². The van der Waals surface area contributed by atoms with Crippen LogP contribution in [0.3, 0.4) is 0 Å². The number of amidine groups is 1. The van der Waals surface area contributed by atoms with Gasteiger partial charge in [0.2, 0.25) is 11.8 Å². The van der Waals surface area contributed by atoms with E-state index in [4.69, 9.17) is 10.5 Å². The van der Waals surface area contributed by atoms with E-state index in [9.17, 15) is 24.3 Å². The zero-order chi connectivity index (χ0) is 35.3. The molecule has 0 aromatic heterocycles. The van der Waals surface area contributed by atoms with E-state index in [1.807, 2.05) is 91.0 Å². The fourth-order valence-corrected chi connectivity index (χ4v) is 5.99. The number of ether oxygens (including phenoxy) is 1. The second kappa shape index (κ2) is 17.5. The highest BCUT2D eigenvalue weighted by molar-refractivity contribution is 6.02. The molecule has 1 saturated heterocycles. The van der Waals surface area contributed by atoms with Crippen molar-refractivity contribution in [2.75, 3.05) is 13.1 Å². The summed E-state index contributed by atoms with van der Waals surface area (Å²) in [4.78, 5) is 56.8. The van der Waals surface area contributed by atoms with Crippen LogP contribution in [0.5, 0.6) is 0 Å². The number of rotatable bonds is 14. The van der Waals surface area contributed by atoms with Crippen molar-refractivity contribution in [3.05, 3.63) is 143 Å². The number of carboxylic acids is 1. The predicted molar refractivity (Wildman–Crippen MR) is 189 cm³/mol. The number of nitrogens with zero attached hydrogens (tertiary/aromatic N) is 2. The molecule has 11 nitrogen and oxygen atoms in total. The van der Waals surface area contributed by atoms with Crippen molar-refractivity contribution in [3.8, 4) is 0 Å². The summed E-state index contributed by atoms with van der Waals surface area (Å²) in [6.45, 7) is 0.230. The highest BCUT2D eigenvalue weighted by Crippen LogP contribution is 2.33. The molecule has 1 fully saturated rings. The molecule has 0 bridgehead atoms. The molecule has 0 aliphatic carbocycles. The van der Waals surface area contributed by atoms with Crippen molar-refractivity contribution >= 4 is 29.7 Å². The number of carbonyl (C=O) groups excluding carboxylic acids is 3. The quantitative estimate of drug-likeness (QED) is 0.113. The number of nitrogens with one attached hydrogen (secondary N) is 2. The number of carboxylic acid groups (broad SMARTS) is 1. The fraction of sp³-hybridized carbons (Fsp3) is 0.256. The van der Waals surface area contributed by atoms with E-state index in [1.165, 1.54) is 0 Å². The zero-order valence-corrected chi connectivity index (χ0v) is 27.6. The Morgan fingerprint density at radius 1 is 0.840 bits per heavy atom. The van der Waals surface area contributed by atoms with Crippen LogP contribution in [0.2, 0.25) is 0 Å². The van der Waals surface area contributed by atoms with Crippen LogP contribution in [0, 0.1) is 0 Å². The van der Waals surface area contributed by atoms with Gasteiger partial charge in [0.1, 0.15) is 18.5 Å². The van der Waals surface area contributed by atoms with Crippen LogP contribution in [0.15, 0.2) is 120 Å². The molecule has 4 aromatic carbocycles. The standard InChI is InChI=1S/C39H41N5O6/c40-36(43-39(49)50-26-29-12-6-2-7-13-29)31-19-16-28(17-20-31)23-42-37(47)34-22-32(30-14-8-3-9-15-30)25-44(34)38(48)33(41-24-35(45)46)21-18-27-10-4-1-5-11-27/h1-17,19-20,32-34,41H,18,21-26H2,(H,42,47)(H,45,46)(H2,40,43,49)/t32-,33?,34-/m0/s1. The molecule has 0 spiro atoms. The predicted octanol–water partition coefficient (Wildman–Crippen LogP) is 4.41. The molecule has 3 amide bonds. The molecule has 1 aliphatic rings. The minimum absolute atomic E-state index is 0.00374. The van der Waals surface area contributed by atoms with Gasteiger partial charge < -0.3 is 25.8 Å². The van der Waals surface area contributed by atoms with Gasteiger partial charge in [0, 0.05) is 24.6 Å². The third kappa shape index (κ3) is 10.1. The lowest BCUT2D eigenvalue weighted by molar-refractivity contribution is -0.141. The number of amides is 3. The van der Waals surface area contributed by atoms with Crippen LogP contribution in [0.25, 0.3) is 0 Å². The number of hydrogen-bond acceptors (Lipinski definition) is 6. The summed E-state index contributed by atoms with van der Waals surface area (Å²) in [5, 5.41) is 15.2. The molecule has 0 radical (unpaired) electrons. The molecule has 258 valence electrons. The summed E-state index contributed by atoms with van der Waals surface area (Å²) >= 11 is 0. The third-order valence-electron chi connectivity index (χ3n) is 8.65. The van der Waals surface area contributed by atoms with Crippen LogP contribution in [-0.4, -0.2) is 64.9 Å². The largest absolute Gasteiger partial charge is 0.480 e. The molecule has 1 heterocycles. The lowest BCUT2D eigenvalue weighted by Gasteiger charge is -2.29. The summed E-state index contributed by atoms with van der Waals surface area (Å²) in [6.07, 6.45) is 0.572. The Hall–Kier alpha value is -5.81. The van der Waals surface area contributed by atoms with Crippen molar-refractivity contribution in [2.24, 2.45) is 10.7 Å². The maximum Gasteiger partial charge on any atom is 0.435 e. The second-order valence-electron chi connectivity index (χ2n) is 12.2. The van der Waals surface area contributed by atoms with Gasteiger partial charge in [0.15, 0.2) is 0 Å². The lowest BCUT2D eigenvalue weighted by Crippen LogP contribution is -2.53. The average molecular weight is 676 g/mol. The van der Waals surface area contributed by atoms with Crippen LogP contribution < -0.4 is 16.4 Å². The number of aryl methyl sites for hydroxylation is 1. The second-order valence-corrected chi connectivity index (χ2v) is 12.2. The third-order valence-corrected chi connectivity index (χ3v) is 8.65. The van der Waals surface area contributed by atoms with E-state index >= 15 is 0 Å². The molecule has 4 aromatic rings. The number of carbonyl (C=O) groups is 4. The van der Waals surface area contributed by atoms with Crippen LogP contribution in [0.1, 0.15) is 46.6 Å². The number of benzene rings is 4. The SMILES string of the molecule is NC(=NC(=O)OCc1ccccc1)c1ccc(CNC(=O)[C@@H]2C[C@H](c3ccccc3)CN2C(=O)C(CCc2ccccc2)NCC(=O)O)cc1. The van der Waals surface area contributed by atoms with Crippen molar-refractivity contribution < 1.29 is 29.0 Å². The van der Waals surface area contributed by atoms with E-state index in [2.05, 4.69) is 15.6 Å². The van der Waals surface area contributed by atoms with E-state index in [0.29, 0.717) is 31.4 Å². The Balaban J connectivity index is 1.24. The number of hydrogen-bond donors (Lipinski definition) is 4. The number of likely N-dealkylation sites (tertiary alicyclic amines) is 1. The van der Waals surface area contributed by atoms with Gasteiger partial charge in [-0.05, 0) is 41.5 Å². The molecule has 3 atom stereocenters. The molecule has 5 rings (SSSR count). The monoisotopic (exact) mass is 675 g/mol. The summed E-state index contributed by atoms with van der Waals surface area (Å²) < 4.78 is 5.18. The molecule has 0 saturated carbocycles. The summed E-state index contributed by atoms with van der Waals surface area (Å²) in [7, 11) is 0. The van der Waals surface area contributed by atoms with E-state index in [1.54, 1.807) is 29.2 Å². The highest BCUT2D eigenvalue weighted by atomic mass is 16.5. The first-order valence-electron chi connectivity index (χ1n) is 16.5. The van der Waals surface area contributed by atoms with Crippen LogP contribution >= 0.6 is 0 Å². The first kappa shape index (κ1) is 35.5. The van der Waals surface area contributed by atoms with Crippen molar-refractivity contribution in [3.63, 3.8) is 0 Å². The fourth-order valence-electron chi connectivity index (χ4n) is 5.99. The maximum absolute atomic E-state index is 14.1. The Bertz CT molecular complexity index is 1770. The molecule has 11 heteroatoms. The van der Waals surface area contributed by atoms with E-state index < -0.39 is 24.1 Å². The van der Waals surface area contributed by atoms with Gasteiger partial charge >= 0.3 is 12.1 Å². The Kier molecular flexibility index (Phi) is 12.5. The van der Waals surface area contributed by atoms with Gasteiger partial charge in [0.25, 0.3) is 0 Å². The molecule has 1 aliphatic heterocycles. The lowest BCUT2D eigenvalue weighted by atomic mass is 9.96. The molecule has 50 heavy (non-hydrogen) atoms. The van der Waals surface area contributed by atoms with Crippen molar-refractivity contribution in [1.29, 1.82) is 0 Å². The topological polar surface area (TPSA) is 163 Å². The smallest absolute Gasteiger partial charge is 0.435 e. The summed E-state index contributed by atoms with van der Waals surface area (Å²) in [5.74, 6) is -1.73. The number of aliphatic imine (C=N–C) groups is 1. The van der Waals surface area contributed by atoms with Crippen molar-refractivity contribution in [2.45, 2.75) is 50.4 Å². The van der Waals surface area contributed by atoms with Crippen LogP contribution in [-0.2, 0) is 38.7 Å². The minimum atomic E-state index is -1.07. The highest BCUT2D eigenvalue weighted by Gasteiger charge is 2.42. The van der Waals surface area contributed by atoms with E-state index in [0.717, 1.165) is 22.3 Å². The zero-order valence-electron chi connectivity index (χ0n) is 27.6. The van der Waals surface area contributed by atoms with Gasteiger partial charge in [-0.15, -0.1) is 0 Å². The van der Waals surface area contributed by atoms with Gasteiger partial charge in [-0.2, -0.15) is 4.99 Å². The number of nitrogens with two attached hydrogens (primary N) is 1. The molecular weight excluding hydrogens is 634 g/mol. The molecule has 5 N–H and O–H groups in total. The normalized spacial score (nSPS) is 16.4. The van der Waals surface area contributed by atoms with Gasteiger partial charge in [-0.3, -0.25) is 19.7 Å². The maximum atomic E-state index is 14.1. The Morgan fingerprint density at radius 2 is 1.46 bits per heavy atom. The first-order valence-corrected chi connectivity index (χ1v) is 16.5. The molecule has 1 unspecified atom stereocenters. The van der Waals surface area contributed by atoms with E-state index in [-0.39, 0.29) is 43.3 Å². The summed E-state index contributed by atoms with van der Waals surface area (Å²) in [6, 6.07) is 34.1. The van der Waals surface area contributed by atoms with Gasteiger partial charge in [-0.25, -0.2) is 4.79 Å². The Labute approximate surface area is 291 Å².